The Kier molecular flexibility index (Phi) is 5.50. The summed E-state index contributed by atoms with van der Waals surface area (Å²) in [6, 6.07) is 7.52. The number of fused-ring (bicyclic) bond motifs is 1. The SMILES string of the molecule is Cc1nc2ccccc2c(=O)n1CC(=O)N(CC1CCCO1)C1CCSC1. The number of ether oxygens (including phenoxy) is 1. The van der Waals surface area contributed by atoms with Crippen LogP contribution in [0, 0.1) is 6.92 Å². The minimum atomic E-state index is -0.149. The molecule has 0 saturated carbocycles. The van der Waals surface area contributed by atoms with E-state index < -0.39 is 0 Å². The first-order chi connectivity index (χ1) is 13.1. The standard InChI is InChI=1S/C20H25N3O3S/c1-14-21-18-7-3-2-6-17(18)20(25)22(14)12-19(24)23(15-8-10-27-13-15)11-16-5-4-9-26-16/h2-3,6-7,15-16H,4-5,8-13H2,1H3. The van der Waals surface area contributed by atoms with Gasteiger partial charge in [-0.1, -0.05) is 12.1 Å². The van der Waals surface area contributed by atoms with E-state index in [1.165, 1.54) is 4.57 Å². The smallest absolute Gasteiger partial charge is 0.261 e. The fraction of sp³-hybridized carbons (Fsp3) is 0.550. The first-order valence-corrected chi connectivity index (χ1v) is 10.7. The zero-order chi connectivity index (χ0) is 18.8. The van der Waals surface area contributed by atoms with Crippen molar-refractivity contribution in [2.24, 2.45) is 0 Å². The Morgan fingerprint density at radius 3 is 2.96 bits per heavy atom. The number of amides is 1. The Hall–Kier alpha value is -1.86. The number of para-hydroxylation sites is 1. The van der Waals surface area contributed by atoms with Gasteiger partial charge < -0.3 is 9.64 Å². The highest BCUT2D eigenvalue weighted by molar-refractivity contribution is 7.99. The van der Waals surface area contributed by atoms with Crippen LogP contribution in [-0.4, -0.2) is 57.2 Å². The lowest BCUT2D eigenvalue weighted by atomic mass is 10.1. The molecule has 4 rings (SSSR count). The third-order valence-electron chi connectivity index (χ3n) is 5.44. The Morgan fingerprint density at radius 1 is 1.37 bits per heavy atom. The summed E-state index contributed by atoms with van der Waals surface area (Å²) in [5.41, 5.74) is 0.524. The van der Waals surface area contributed by atoms with Gasteiger partial charge in [0.05, 0.1) is 17.0 Å². The molecule has 0 spiro atoms. The van der Waals surface area contributed by atoms with Crippen LogP contribution in [0.1, 0.15) is 25.1 Å². The lowest BCUT2D eigenvalue weighted by molar-refractivity contribution is -0.135. The molecule has 6 nitrogen and oxygen atoms in total. The highest BCUT2D eigenvalue weighted by Gasteiger charge is 2.31. The second-order valence-electron chi connectivity index (χ2n) is 7.27. The molecular formula is C20H25N3O3S. The maximum Gasteiger partial charge on any atom is 0.261 e. The van der Waals surface area contributed by atoms with E-state index in [4.69, 9.17) is 4.74 Å². The molecule has 2 saturated heterocycles. The molecule has 0 N–H and O–H groups in total. The Morgan fingerprint density at radius 2 is 2.22 bits per heavy atom. The highest BCUT2D eigenvalue weighted by Crippen LogP contribution is 2.25. The van der Waals surface area contributed by atoms with Gasteiger partial charge in [0.25, 0.3) is 5.56 Å². The number of nitrogens with zero attached hydrogens (tertiary/aromatic N) is 3. The lowest BCUT2D eigenvalue weighted by Crippen LogP contribution is -2.47. The molecule has 1 aromatic carbocycles. The maximum absolute atomic E-state index is 13.2. The number of aryl methyl sites for hydroxylation is 1. The molecular weight excluding hydrogens is 362 g/mol. The van der Waals surface area contributed by atoms with E-state index in [1.807, 2.05) is 34.9 Å². The summed E-state index contributed by atoms with van der Waals surface area (Å²) < 4.78 is 7.28. The average molecular weight is 388 g/mol. The van der Waals surface area contributed by atoms with Gasteiger partial charge in [0.1, 0.15) is 12.4 Å². The second-order valence-corrected chi connectivity index (χ2v) is 8.42. The van der Waals surface area contributed by atoms with Gasteiger partial charge in [0, 0.05) is 24.9 Å². The van der Waals surface area contributed by atoms with E-state index in [-0.39, 0.29) is 30.2 Å². The van der Waals surface area contributed by atoms with Crippen LogP contribution in [0.4, 0.5) is 0 Å². The molecule has 0 aliphatic carbocycles. The number of hydrogen-bond donors (Lipinski definition) is 0. The zero-order valence-corrected chi connectivity index (χ0v) is 16.4. The van der Waals surface area contributed by atoms with Crippen molar-refractivity contribution < 1.29 is 9.53 Å². The Balaban J connectivity index is 1.60. The molecule has 1 amide bonds. The summed E-state index contributed by atoms with van der Waals surface area (Å²) in [6.45, 7) is 3.23. The van der Waals surface area contributed by atoms with Crippen LogP contribution in [0.15, 0.2) is 29.1 Å². The predicted molar refractivity (Wildman–Crippen MR) is 107 cm³/mol. The van der Waals surface area contributed by atoms with Crippen molar-refractivity contribution in [3.05, 3.63) is 40.4 Å². The van der Waals surface area contributed by atoms with E-state index in [0.29, 0.717) is 23.3 Å². The van der Waals surface area contributed by atoms with Gasteiger partial charge in [-0.05, 0) is 44.1 Å². The lowest BCUT2D eigenvalue weighted by Gasteiger charge is -2.31. The number of hydrogen-bond acceptors (Lipinski definition) is 5. The van der Waals surface area contributed by atoms with Crippen LogP contribution in [0.2, 0.25) is 0 Å². The number of carbonyl (C=O) groups excluding carboxylic acids is 1. The molecule has 7 heteroatoms. The fourth-order valence-electron chi connectivity index (χ4n) is 3.92. The van der Waals surface area contributed by atoms with Crippen LogP contribution in [-0.2, 0) is 16.1 Å². The first-order valence-electron chi connectivity index (χ1n) is 9.58. The normalized spacial score (nSPS) is 22.4. The third kappa shape index (κ3) is 3.89. The monoisotopic (exact) mass is 387 g/mol. The molecule has 2 aromatic rings. The molecule has 3 heterocycles. The minimum absolute atomic E-state index is 0.0136. The van der Waals surface area contributed by atoms with Gasteiger partial charge in [0.2, 0.25) is 5.91 Å². The van der Waals surface area contributed by atoms with Crippen molar-refractivity contribution >= 4 is 28.6 Å². The summed E-state index contributed by atoms with van der Waals surface area (Å²) in [5.74, 6) is 2.60. The molecule has 144 valence electrons. The summed E-state index contributed by atoms with van der Waals surface area (Å²) in [7, 11) is 0. The van der Waals surface area contributed by atoms with Crippen LogP contribution >= 0.6 is 11.8 Å². The van der Waals surface area contributed by atoms with Crippen molar-refractivity contribution in [3.8, 4) is 0 Å². The van der Waals surface area contributed by atoms with Gasteiger partial charge >= 0.3 is 0 Å². The predicted octanol–water partition coefficient (Wildman–Crippen LogP) is 2.22. The third-order valence-corrected chi connectivity index (χ3v) is 6.58. The van der Waals surface area contributed by atoms with Crippen molar-refractivity contribution in [1.82, 2.24) is 14.5 Å². The molecule has 0 radical (unpaired) electrons. The number of aromatic nitrogens is 2. The minimum Gasteiger partial charge on any atom is -0.376 e. The fourth-order valence-corrected chi connectivity index (χ4v) is 5.15. The van der Waals surface area contributed by atoms with Crippen LogP contribution < -0.4 is 5.56 Å². The number of benzene rings is 1. The molecule has 2 aliphatic rings. The highest BCUT2D eigenvalue weighted by atomic mass is 32.2. The van der Waals surface area contributed by atoms with Crippen LogP contribution in [0.25, 0.3) is 10.9 Å². The van der Waals surface area contributed by atoms with Gasteiger partial charge in [-0.15, -0.1) is 0 Å². The zero-order valence-electron chi connectivity index (χ0n) is 15.6. The number of thioether (sulfide) groups is 1. The van der Waals surface area contributed by atoms with Crippen molar-refractivity contribution in [3.63, 3.8) is 0 Å². The molecule has 1 aromatic heterocycles. The molecule has 0 bridgehead atoms. The molecule has 2 aliphatic heterocycles. The first kappa shape index (κ1) is 18.5. The molecule has 27 heavy (non-hydrogen) atoms. The van der Waals surface area contributed by atoms with Gasteiger partial charge in [-0.2, -0.15) is 11.8 Å². The summed E-state index contributed by atoms with van der Waals surface area (Å²) in [4.78, 5) is 32.6. The molecule has 2 atom stereocenters. The van der Waals surface area contributed by atoms with Crippen molar-refractivity contribution in [2.45, 2.75) is 44.9 Å². The van der Waals surface area contributed by atoms with Crippen LogP contribution in [0.3, 0.4) is 0 Å². The topological polar surface area (TPSA) is 64.4 Å². The quantitative estimate of drug-likeness (QED) is 0.787. The molecule has 2 fully saturated rings. The van der Waals surface area contributed by atoms with E-state index in [0.717, 1.165) is 37.4 Å². The van der Waals surface area contributed by atoms with E-state index in [9.17, 15) is 9.59 Å². The van der Waals surface area contributed by atoms with Crippen LogP contribution in [0.5, 0.6) is 0 Å². The largest absolute Gasteiger partial charge is 0.376 e. The van der Waals surface area contributed by atoms with Gasteiger partial charge in [-0.25, -0.2) is 4.98 Å². The number of carbonyl (C=O) groups is 1. The van der Waals surface area contributed by atoms with Crippen molar-refractivity contribution in [2.75, 3.05) is 24.7 Å². The van der Waals surface area contributed by atoms with E-state index in [1.54, 1.807) is 13.0 Å². The Bertz CT molecular complexity index is 886. The van der Waals surface area contributed by atoms with E-state index >= 15 is 0 Å². The van der Waals surface area contributed by atoms with E-state index in [2.05, 4.69) is 4.98 Å². The molecule has 2 unspecified atom stereocenters. The van der Waals surface area contributed by atoms with Gasteiger partial charge in [0.15, 0.2) is 0 Å². The maximum atomic E-state index is 13.2. The second kappa shape index (κ2) is 8.02. The summed E-state index contributed by atoms with van der Waals surface area (Å²) in [6.07, 6.45) is 3.18. The summed E-state index contributed by atoms with van der Waals surface area (Å²) >= 11 is 1.88. The number of rotatable bonds is 5. The summed E-state index contributed by atoms with van der Waals surface area (Å²) in [5, 5.41) is 0.554. The van der Waals surface area contributed by atoms with Crippen molar-refractivity contribution in [1.29, 1.82) is 0 Å². The average Bonchev–Trinajstić information content (AvgIpc) is 3.36. The Labute approximate surface area is 162 Å². The van der Waals surface area contributed by atoms with Gasteiger partial charge in [-0.3, -0.25) is 14.2 Å².